The number of Topliss-reactive ketones (excluding diaryl/α,β-unsaturated/α-hetero) is 1. The molecule has 0 N–H and O–H groups in total. The van der Waals surface area contributed by atoms with E-state index in [1.807, 2.05) is 0 Å². The van der Waals surface area contributed by atoms with Crippen molar-refractivity contribution in [3.05, 3.63) is 12.2 Å². The predicted molar refractivity (Wildman–Crippen MR) is 32.5 cm³/mol. The van der Waals surface area contributed by atoms with Gasteiger partial charge in [0.25, 0.3) is 0 Å². The molecule has 0 aliphatic heterocycles. The Kier molecular flexibility index (Phi) is 1.20. The van der Waals surface area contributed by atoms with E-state index < -0.39 is 0 Å². The first-order valence-corrected chi connectivity index (χ1v) is 2.91. The van der Waals surface area contributed by atoms with Gasteiger partial charge in [-0.1, -0.05) is 13.5 Å². The van der Waals surface area contributed by atoms with E-state index in [1.54, 1.807) is 0 Å². The molecule has 0 amide bonds. The van der Waals surface area contributed by atoms with Crippen LogP contribution in [-0.4, -0.2) is 5.78 Å². The summed E-state index contributed by atoms with van der Waals surface area (Å²) in [4.78, 5) is 10.7. The molecular formula is C7H10O. The summed E-state index contributed by atoms with van der Waals surface area (Å²) >= 11 is 0. The number of hydrogen-bond acceptors (Lipinski definition) is 1. The molecule has 1 fully saturated rings. The Balaban J connectivity index is 2.64. The topological polar surface area (TPSA) is 17.1 Å². The molecule has 0 heterocycles. The number of ketones is 1. The van der Waals surface area contributed by atoms with Crippen LogP contribution in [0, 0.1) is 5.92 Å². The normalized spacial score (nSPS) is 29.4. The fourth-order valence-electron chi connectivity index (χ4n) is 1.07. The standard InChI is InChI=1S/C7H10O/c1-5-3-6(2)7(8)4-5/h5H,2-4H2,1H3. The number of carbonyl (C=O) groups is 1. The lowest BCUT2D eigenvalue weighted by atomic mass is 10.1. The van der Waals surface area contributed by atoms with Crippen molar-refractivity contribution in [2.45, 2.75) is 19.8 Å². The second-order valence-corrected chi connectivity index (χ2v) is 2.54. The van der Waals surface area contributed by atoms with Gasteiger partial charge in [-0.25, -0.2) is 0 Å². The largest absolute Gasteiger partial charge is 0.295 e. The van der Waals surface area contributed by atoms with Crippen LogP contribution in [0.5, 0.6) is 0 Å². The van der Waals surface area contributed by atoms with Crippen molar-refractivity contribution in [2.24, 2.45) is 5.92 Å². The zero-order chi connectivity index (χ0) is 6.15. The molecule has 0 saturated heterocycles. The minimum atomic E-state index is 0.262. The second kappa shape index (κ2) is 1.73. The summed E-state index contributed by atoms with van der Waals surface area (Å²) in [5, 5.41) is 0. The van der Waals surface area contributed by atoms with E-state index in [2.05, 4.69) is 13.5 Å². The van der Waals surface area contributed by atoms with Gasteiger partial charge in [-0.15, -0.1) is 0 Å². The summed E-state index contributed by atoms with van der Waals surface area (Å²) in [6.45, 7) is 5.72. The van der Waals surface area contributed by atoms with E-state index >= 15 is 0 Å². The number of carbonyl (C=O) groups excluding carboxylic acids is 1. The van der Waals surface area contributed by atoms with Gasteiger partial charge in [0.2, 0.25) is 0 Å². The van der Waals surface area contributed by atoms with E-state index in [9.17, 15) is 4.79 Å². The predicted octanol–water partition coefficient (Wildman–Crippen LogP) is 1.54. The van der Waals surface area contributed by atoms with Crippen molar-refractivity contribution in [3.8, 4) is 0 Å². The van der Waals surface area contributed by atoms with Crippen molar-refractivity contribution in [1.82, 2.24) is 0 Å². The van der Waals surface area contributed by atoms with Crippen LogP contribution in [0.4, 0.5) is 0 Å². The first-order chi connectivity index (χ1) is 3.70. The molecule has 1 unspecified atom stereocenters. The first-order valence-electron chi connectivity index (χ1n) is 2.91. The fourth-order valence-corrected chi connectivity index (χ4v) is 1.07. The van der Waals surface area contributed by atoms with Crippen LogP contribution < -0.4 is 0 Å². The van der Waals surface area contributed by atoms with Gasteiger partial charge in [0.15, 0.2) is 5.78 Å². The Hall–Kier alpha value is -0.590. The number of hydrogen-bond donors (Lipinski definition) is 0. The molecule has 1 aliphatic carbocycles. The van der Waals surface area contributed by atoms with Crippen LogP contribution in [-0.2, 0) is 4.79 Å². The highest BCUT2D eigenvalue weighted by atomic mass is 16.1. The van der Waals surface area contributed by atoms with Gasteiger partial charge in [-0.2, -0.15) is 0 Å². The lowest BCUT2D eigenvalue weighted by Crippen LogP contribution is -1.88. The lowest BCUT2D eigenvalue weighted by Gasteiger charge is -1.90. The SMILES string of the molecule is C=C1CC(C)CC1=O. The third kappa shape index (κ3) is 0.808. The zero-order valence-electron chi connectivity index (χ0n) is 5.11. The Morgan fingerprint density at radius 3 is 2.38 bits per heavy atom. The molecule has 1 heteroatoms. The summed E-state index contributed by atoms with van der Waals surface area (Å²) in [6, 6.07) is 0. The fraction of sp³-hybridized carbons (Fsp3) is 0.571. The molecular weight excluding hydrogens is 100 g/mol. The Labute approximate surface area is 49.4 Å². The quantitative estimate of drug-likeness (QED) is 0.432. The van der Waals surface area contributed by atoms with Gasteiger partial charge in [-0.3, -0.25) is 4.79 Å². The van der Waals surface area contributed by atoms with Crippen LogP contribution in [0.3, 0.4) is 0 Å². The highest BCUT2D eigenvalue weighted by Crippen LogP contribution is 2.24. The van der Waals surface area contributed by atoms with Crippen LogP contribution >= 0.6 is 0 Å². The summed E-state index contributed by atoms with van der Waals surface area (Å²) in [7, 11) is 0. The average Bonchev–Trinajstić information content (AvgIpc) is 1.85. The van der Waals surface area contributed by atoms with Crippen LogP contribution in [0.25, 0.3) is 0 Å². The summed E-state index contributed by atoms with van der Waals surface area (Å²) in [5.41, 5.74) is 0.817. The molecule has 0 spiro atoms. The van der Waals surface area contributed by atoms with Gasteiger partial charge in [0.1, 0.15) is 0 Å². The molecule has 1 nitrogen and oxygen atoms in total. The monoisotopic (exact) mass is 110 g/mol. The molecule has 8 heavy (non-hydrogen) atoms. The molecule has 44 valence electrons. The van der Waals surface area contributed by atoms with E-state index in [0.717, 1.165) is 18.4 Å². The van der Waals surface area contributed by atoms with Crippen molar-refractivity contribution < 1.29 is 4.79 Å². The van der Waals surface area contributed by atoms with Crippen LogP contribution in [0.2, 0.25) is 0 Å². The van der Waals surface area contributed by atoms with E-state index in [-0.39, 0.29) is 5.78 Å². The molecule has 0 radical (unpaired) electrons. The van der Waals surface area contributed by atoms with Gasteiger partial charge >= 0.3 is 0 Å². The Bertz CT molecular complexity index is 119. The molecule has 1 atom stereocenters. The minimum Gasteiger partial charge on any atom is -0.295 e. The Morgan fingerprint density at radius 2 is 2.25 bits per heavy atom. The molecule has 0 aromatic carbocycles. The molecule has 0 bridgehead atoms. The molecule has 1 aliphatic rings. The Morgan fingerprint density at radius 1 is 1.62 bits per heavy atom. The van der Waals surface area contributed by atoms with Crippen molar-refractivity contribution in [2.75, 3.05) is 0 Å². The van der Waals surface area contributed by atoms with Gasteiger partial charge in [-0.05, 0) is 17.9 Å². The van der Waals surface area contributed by atoms with Crippen molar-refractivity contribution in [3.63, 3.8) is 0 Å². The van der Waals surface area contributed by atoms with Crippen molar-refractivity contribution in [1.29, 1.82) is 0 Å². The van der Waals surface area contributed by atoms with E-state index in [0.29, 0.717) is 5.92 Å². The number of allylic oxidation sites excluding steroid dienone is 1. The maximum absolute atomic E-state index is 10.7. The molecule has 1 saturated carbocycles. The highest BCUT2D eigenvalue weighted by molar-refractivity contribution is 5.97. The highest BCUT2D eigenvalue weighted by Gasteiger charge is 2.21. The third-order valence-corrected chi connectivity index (χ3v) is 1.52. The maximum Gasteiger partial charge on any atom is 0.158 e. The average molecular weight is 110 g/mol. The molecule has 1 rings (SSSR count). The van der Waals surface area contributed by atoms with Gasteiger partial charge < -0.3 is 0 Å². The summed E-state index contributed by atoms with van der Waals surface area (Å²) in [5.74, 6) is 0.812. The maximum atomic E-state index is 10.7. The lowest BCUT2D eigenvalue weighted by molar-refractivity contribution is -0.114. The van der Waals surface area contributed by atoms with Gasteiger partial charge in [0.05, 0.1) is 0 Å². The smallest absolute Gasteiger partial charge is 0.158 e. The molecule has 0 aromatic rings. The minimum absolute atomic E-state index is 0.262. The third-order valence-electron chi connectivity index (χ3n) is 1.52. The molecule has 0 aromatic heterocycles. The van der Waals surface area contributed by atoms with Gasteiger partial charge in [0, 0.05) is 6.42 Å². The second-order valence-electron chi connectivity index (χ2n) is 2.54. The number of rotatable bonds is 0. The van der Waals surface area contributed by atoms with Crippen LogP contribution in [0.15, 0.2) is 12.2 Å². The zero-order valence-corrected chi connectivity index (χ0v) is 5.11. The van der Waals surface area contributed by atoms with Crippen molar-refractivity contribution >= 4 is 5.78 Å². The first kappa shape index (κ1) is 5.54. The van der Waals surface area contributed by atoms with Crippen LogP contribution in [0.1, 0.15) is 19.8 Å². The van der Waals surface area contributed by atoms with E-state index in [1.165, 1.54) is 0 Å². The van der Waals surface area contributed by atoms with E-state index in [4.69, 9.17) is 0 Å². The summed E-state index contributed by atoms with van der Waals surface area (Å²) in [6.07, 6.45) is 1.64. The summed E-state index contributed by atoms with van der Waals surface area (Å²) < 4.78 is 0.